The minimum atomic E-state index is -4.03. The second-order valence-electron chi connectivity index (χ2n) is 7.71. The highest BCUT2D eigenvalue weighted by atomic mass is 33.1. The van der Waals surface area contributed by atoms with Gasteiger partial charge in [-0.05, 0) is 35.8 Å². The van der Waals surface area contributed by atoms with E-state index >= 15 is 0 Å². The summed E-state index contributed by atoms with van der Waals surface area (Å²) in [7, 11) is 4.79. The third-order valence-electron chi connectivity index (χ3n) is 4.22. The lowest BCUT2D eigenvalue weighted by atomic mass is 10.2. The zero-order valence-electron chi connectivity index (χ0n) is 18.3. The SMILES string of the molecule is CC(OP(=O)(O)OCCCCCCNC(=O)CCSSc1ccccn1)[N+](C)(C)C. The van der Waals surface area contributed by atoms with Gasteiger partial charge in [-0.15, -0.1) is 0 Å². The van der Waals surface area contributed by atoms with Gasteiger partial charge in [0.25, 0.3) is 0 Å². The predicted molar refractivity (Wildman–Crippen MR) is 123 cm³/mol. The molecule has 30 heavy (non-hydrogen) atoms. The Morgan fingerprint density at radius 1 is 1.27 bits per heavy atom. The predicted octanol–water partition coefficient (Wildman–Crippen LogP) is 4.07. The van der Waals surface area contributed by atoms with Crippen molar-refractivity contribution in [1.82, 2.24) is 10.3 Å². The van der Waals surface area contributed by atoms with Gasteiger partial charge in [0.15, 0.2) is 0 Å². The van der Waals surface area contributed by atoms with Crippen LogP contribution >= 0.6 is 29.4 Å². The Labute approximate surface area is 188 Å². The maximum absolute atomic E-state index is 11.9. The highest BCUT2D eigenvalue weighted by Gasteiger charge is 2.30. The normalized spacial score (nSPS) is 14.8. The monoisotopic (exact) mass is 480 g/mol. The number of rotatable bonds is 16. The molecule has 1 aromatic rings. The van der Waals surface area contributed by atoms with Gasteiger partial charge in [-0.25, -0.2) is 14.1 Å². The fourth-order valence-corrected chi connectivity index (χ4v) is 5.03. The lowest BCUT2D eigenvalue weighted by Gasteiger charge is -2.31. The van der Waals surface area contributed by atoms with Crippen molar-refractivity contribution in [2.45, 2.75) is 50.3 Å². The molecular formula is C19H35N3O5PS2+. The first kappa shape index (κ1) is 27.4. The summed E-state index contributed by atoms with van der Waals surface area (Å²) < 4.78 is 22.5. The molecule has 0 bridgehead atoms. The molecule has 1 amide bonds. The van der Waals surface area contributed by atoms with Crippen LogP contribution in [0.5, 0.6) is 0 Å². The van der Waals surface area contributed by atoms with Gasteiger partial charge in [0, 0.05) is 31.8 Å². The number of phosphoric acid groups is 1. The number of carbonyl (C=O) groups is 1. The smallest absolute Gasteiger partial charge is 0.356 e. The quantitative estimate of drug-likeness (QED) is 0.120. The average Bonchev–Trinajstić information content (AvgIpc) is 2.67. The van der Waals surface area contributed by atoms with E-state index in [1.165, 1.54) is 0 Å². The molecule has 0 saturated heterocycles. The molecule has 0 aliphatic carbocycles. The molecule has 1 aromatic heterocycles. The molecule has 0 saturated carbocycles. The van der Waals surface area contributed by atoms with Gasteiger partial charge in [0.2, 0.25) is 12.1 Å². The van der Waals surface area contributed by atoms with Crippen molar-refractivity contribution < 1.29 is 27.8 Å². The number of aromatic nitrogens is 1. The van der Waals surface area contributed by atoms with Crippen LogP contribution in [0.1, 0.15) is 39.0 Å². The number of pyridine rings is 1. The Kier molecular flexibility index (Phi) is 13.2. The van der Waals surface area contributed by atoms with Crippen molar-refractivity contribution in [3.63, 3.8) is 0 Å². The lowest BCUT2D eigenvalue weighted by Crippen LogP contribution is -2.44. The number of nitrogens with zero attached hydrogens (tertiary/aromatic N) is 2. The fourth-order valence-electron chi connectivity index (χ4n) is 2.07. The van der Waals surface area contributed by atoms with Gasteiger partial charge in [-0.3, -0.25) is 9.32 Å². The van der Waals surface area contributed by atoms with E-state index in [0.29, 0.717) is 23.9 Å². The van der Waals surface area contributed by atoms with Crippen molar-refractivity contribution >= 4 is 35.3 Å². The summed E-state index contributed by atoms with van der Waals surface area (Å²) in [4.78, 5) is 25.8. The van der Waals surface area contributed by atoms with Gasteiger partial charge in [-0.1, -0.05) is 29.7 Å². The molecular weight excluding hydrogens is 445 g/mol. The largest absolute Gasteiger partial charge is 0.476 e. The number of phosphoric ester groups is 1. The first-order valence-electron chi connectivity index (χ1n) is 10.0. The standard InChI is InChI=1S/C19H34N3O5PS2/c1-17(22(2,3)4)27-28(24,25)26-15-10-6-5-8-13-20-18(23)12-16-29-30-19-11-7-9-14-21-19/h7,9,11,14,17H,5-6,8,10,12-13,15-16H2,1-4H3,(H-,20,23,24,25)/p+1. The Bertz CT molecular complexity index is 661. The number of hydrogen-bond donors (Lipinski definition) is 2. The highest BCUT2D eigenvalue weighted by Crippen LogP contribution is 2.45. The van der Waals surface area contributed by atoms with Crippen LogP contribution in [0.25, 0.3) is 0 Å². The maximum atomic E-state index is 11.9. The van der Waals surface area contributed by atoms with E-state index in [2.05, 4.69) is 10.3 Å². The Morgan fingerprint density at radius 2 is 2.00 bits per heavy atom. The molecule has 8 nitrogen and oxygen atoms in total. The van der Waals surface area contributed by atoms with Gasteiger partial charge in [0.05, 0.1) is 27.7 Å². The fraction of sp³-hybridized carbons (Fsp3) is 0.684. The average molecular weight is 481 g/mol. The van der Waals surface area contributed by atoms with E-state index in [-0.39, 0.29) is 12.5 Å². The van der Waals surface area contributed by atoms with Crippen molar-refractivity contribution in [3.8, 4) is 0 Å². The van der Waals surface area contributed by atoms with E-state index < -0.39 is 14.1 Å². The van der Waals surface area contributed by atoms with Crippen LogP contribution in [-0.2, 0) is 18.4 Å². The minimum absolute atomic E-state index is 0.0530. The summed E-state index contributed by atoms with van der Waals surface area (Å²) in [5.74, 6) is 0.789. The molecule has 0 radical (unpaired) electrons. The van der Waals surface area contributed by atoms with E-state index in [1.54, 1.807) is 34.7 Å². The minimum Gasteiger partial charge on any atom is -0.356 e. The number of carbonyl (C=O) groups excluding carboxylic acids is 1. The Hall–Kier alpha value is -0.610. The van der Waals surface area contributed by atoms with Crippen LogP contribution in [0.2, 0.25) is 0 Å². The number of hydrogen-bond acceptors (Lipinski definition) is 7. The van der Waals surface area contributed by atoms with E-state index in [1.807, 2.05) is 39.3 Å². The molecule has 2 atom stereocenters. The summed E-state index contributed by atoms with van der Waals surface area (Å²) in [5, 5.41) is 3.86. The van der Waals surface area contributed by atoms with Crippen molar-refractivity contribution in [2.24, 2.45) is 0 Å². The van der Waals surface area contributed by atoms with Crippen molar-refractivity contribution in [3.05, 3.63) is 24.4 Å². The van der Waals surface area contributed by atoms with E-state index in [4.69, 9.17) is 9.05 Å². The molecule has 0 fully saturated rings. The van der Waals surface area contributed by atoms with Gasteiger partial charge in [-0.2, -0.15) is 0 Å². The first-order valence-corrected chi connectivity index (χ1v) is 13.9. The summed E-state index contributed by atoms with van der Waals surface area (Å²) >= 11 is 0. The van der Waals surface area contributed by atoms with E-state index in [0.717, 1.165) is 30.0 Å². The van der Waals surface area contributed by atoms with Crippen LogP contribution in [0.15, 0.2) is 29.4 Å². The molecule has 0 aliphatic rings. The molecule has 172 valence electrons. The van der Waals surface area contributed by atoms with Crippen LogP contribution in [0.3, 0.4) is 0 Å². The zero-order valence-corrected chi connectivity index (χ0v) is 20.8. The number of unbranched alkanes of at least 4 members (excludes halogenated alkanes) is 3. The van der Waals surface area contributed by atoms with E-state index in [9.17, 15) is 14.3 Å². The summed E-state index contributed by atoms with van der Waals surface area (Å²) in [5.41, 5.74) is 0. The molecule has 1 heterocycles. The second kappa shape index (κ2) is 14.5. The van der Waals surface area contributed by atoms with Gasteiger partial charge >= 0.3 is 7.82 Å². The molecule has 2 unspecified atom stereocenters. The number of quaternary nitrogens is 1. The third kappa shape index (κ3) is 13.6. The van der Waals surface area contributed by atoms with Crippen LogP contribution < -0.4 is 5.32 Å². The molecule has 1 rings (SSSR count). The third-order valence-corrected chi connectivity index (χ3v) is 7.57. The molecule has 2 N–H and O–H groups in total. The van der Waals surface area contributed by atoms with Gasteiger partial charge < -0.3 is 14.7 Å². The molecule has 0 spiro atoms. The van der Waals surface area contributed by atoms with Crippen LogP contribution in [0, 0.1) is 0 Å². The topological polar surface area (TPSA) is 97.8 Å². The zero-order chi connectivity index (χ0) is 22.5. The van der Waals surface area contributed by atoms with Gasteiger partial charge in [0.1, 0.15) is 5.03 Å². The Balaban J connectivity index is 1.97. The summed E-state index contributed by atoms with van der Waals surface area (Å²) in [6.45, 7) is 2.55. The highest BCUT2D eigenvalue weighted by molar-refractivity contribution is 8.76. The molecule has 0 aromatic carbocycles. The molecule has 0 aliphatic heterocycles. The number of amides is 1. The lowest BCUT2D eigenvalue weighted by molar-refractivity contribution is -0.913. The van der Waals surface area contributed by atoms with Crippen LogP contribution in [-0.4, -0.2) is 66.5 Å². The Morgan fingerprint density at radius 3 is 2.67 bits per heavy atom. The first-order chi connectivity index (χ1) is 14.1. The van der Waals surface area contributed by atoms with Crippen molar-refractivity contribution in [2.75, 3.05) is 40.0 Å². The molecule has 11 heteroatoms. The van der Waals surface area contributed by atoms with Crippen LogP contribution in [0.4, 0.5) is 0 Å². The summed E-state index contributed by atoms with van der Waals surface area (Å²) in [6.07, 6.45) is 5.10. The summed E-state index contributed by atoms with van der Waals surface area (Å²) in [6, 6.07) is 5.77. The maximum Gasteiger partial charge on any atom is 0.476 e. The number of nitrogens with one attached hydrogen (secondary N) is 1. The second-order valence-corrected chi connectivity index (χ2v) is 11.6. The van der Waals surface area contributed by atoms with Crippen molar-refractivity contribution in [1.29, 1.82) is 0 Å².